The number of nitriles is 1. The molecule has 2 amide bonds. The highest BCUT2D eigenvalue weighted by Gasteiger charge is 2.34. The van der Waals surface area contributed by atoms with Crippen LogP contribution in [0.3, 0.4) is 0 Å². The van der Waals surface area contributed by atoms with Gasteiger partial charge < -0.3 is 15.4 Å². The van der Waals surface area contributed by atoms with Crippen molar-refractivity contribution in [2.45, 2.75) is 18.5 Å². The van der Waals surface area contributed by atoms with Crippen molar-refractivity contribution in [2.75, 3.05) is 18.2 Å². The summed E-state index contributed by atoms with van der Waals surface area (Å²) in [5.74, 6) is -1.19. The average molecular weight is 461 g/mol. The minimum atomic E-state index is -4.61. The van der Waals surface area contributed by atoms with Crippen LogP contribution in [0.4, 0.5) is 18.9 Å². The van der Waals surface area contributed by atoms with Gasteiger partial charge in [-0.1, -0.05) is 36.0 Å². The van der Waals surface area contributed by atoms with Gasteiger partial charge in [0.2, 0.25) is 11.8 Å². The second-order valence-corrected chi connectivity index (χ2v) is 7.80. The van der Waals surface area contributed by atoms with Crippen molar-refractivity contribution >= 4 is 29.3 Å². The number of hydrogen-bond donors (Lipinski definition) is 2. The molecule has 1 aliphatic heterocycles. The third kappa shape index (κ3) is 5.42. The third-order valence-electron chi connectivity index (χ3n) is 4.73. The predicted octanol–water partition coefficient (Wildman–Crippen LogP) is 4.42. The summed E-state index contributed by atoms with van der Waals surface area (Å²) in [6, 6.07) is 13.7. The first-order valence-electron chi connectivity index (χ1n) is 9.40. The first-order valence-corrected chi connectivity index (χ1v) is 10.4. The Kier molecular flexibility index (Phi) is 7.10. The van der Waals surface area contributed by atoms with Crippen molar-refractivity contribution < 1.29 is 27.5 Å². The van der Waals surface area contributed by atoms with Crippen LogP contribution in [0.1, 0.15) is 23.5 Å². The summed E-state index contributed by atoms with van der Waals surface area (Å²) < 4.78 is 44.5. The average Bonchev–Trinajstić information content (AvgIpc) is 2.77. The summed E-state index contributed by atoms with van der Waals surface area (Å²) in [6.45, 7) is 0. The van der Waals surface area contributed by atoms with Crippen molar-refractivity contribution in [2.24, 2.45) is 0 Å². The molecule has 0 unspecified atom stereocenters. The van der Waals surface area contributed by atoms with Crippen LogP contribution in [0, 0.1) is 11.3 Å². The van der Waals surface area contributed by atoms with Crippen LogP contribution < -0.4 is 15.4 Å². The van der Waals surface area contributed by atoms with E-state index in [1.807, 2.05) is 0 Å². The Morgan fingerprint density at radius 2 is 1.94 bits per heavy atom. The third-order valence-corrected chi connectivity index (χ3v) is 5.75. The van der Waals surface area contributed by atoms with Crippen molar-refractivity contribution in [1.29, 1.82) is 5.26 Å². The maximum Gasteiger partial charge on any atom is 0.418 e. The van der Waals surface area contributed by atoms with Crippen LogP contribution >= 0.6 is 11.8 Å². The summed E-state index contributed by atoms with van der Waals surface area (Å²) in [7, 11) is 1.52. The number of rotatable bonds is 6. The molecule has 0 saturated carbocycles. The number of hydrogen-bond acceptors (Lipinski definition) is 5. The van der Waals surface area contributed by atoms with Gasteiger partial charge in [0.25, 0.3) is 0 Å². The van der Waals surface area contributed by atoms with Crippen LogP contribution in [0.15, 0.2) is 59.1 Å². The zero-order chi connectivity index (χ0) is 23.3. The topological polar surface area (TPSA) is 91.2 Å². The van der Waals surface area contributed by atoms with Gasteiger partial charge in [-0.15, -0.1) is 0 Å². The van der Waals surface area contributed by atoms with Crippen molar-refractivity contribution in [3.63, 3.8) is 0 Å². The normalized spacial score (nSPS) is 16.2. The Morgan fingerprint density at radius 3 is 2.56 bits per heavy atom. The molecule has 0 spiro atoms. The summed E-state index contributed by atoms with van der Waals surface area (Å²) in [6.07, 6.45) is -4.55. The molecular weight excluding hydrogens is 443 g/mol. The lowest BCUT2D eigenvalue weighted by atomic mass is 9.87. The zero-order valence-corrected chi connectivity index (χ0v) is 17.6. The molecule has 6 nitrogen and oxygen atoms in total. The number of amides is 2. The molecule has 1 atom stereocenters. The number of nitrogens with one attached hydrogen (secondary N) is 2. The van der Waals surface area contributed by atoms with E-state index in [0.29, 0.717) is 5.75 Å². The first-order chi connectivity index (χ1) is 15.2. The van der Waals surface area contributed by atoms with E-state index in [4.69, 9.17) is 4.74 Å². The van der Waals surface area contributed by atoms with Crippen LogP contribution in [-0.2, 0) is 15.8 Å². The number of ether oxygens (including phenoxy) is 1. The number of benzene rings is 2. The number of para-hydroxylation sites is 1. The molecule has 0 aliphatic carbocycles. The molecule has 10 heteroatoms. The molecule has 1 heterocycles. The molecular formula is C22H18F3N3O3S. The lowest BCUT2D eigenvalue weighted by Gasteiger charge is -2.25. The molecule has 0 aromatic heterocycles. The Labute approximate surface area is 186 Å². The van der Waals surface area contributed by atoms with Crippen LogP contribution in [0.2, 0.25) is 0 Å². The van der Waals surface area contributed by atoms with Crippen molar-refractivity contribution in [1.82, 2.24) is 5.32 Å². The van der Waals surface area contributed by atoms with E-state index < -0.39 is 23.6 Å². The molecule has 2 aromatic rings. The summed E-state index contributed by atoms with van der Waals surface area (Å²) in [5.41, 5.74) is -0.299. The highest BCUT2D eigenvalue weighted by molar-refractivity contribution is 8.03. The van der Waals surface area contributed by atoms with Gasteiger partial charge >= 0.3 is 6.18 Å². The quantitative estimate of drug-likeness (QED) is 0.665. The highest BCUT2D eigenvalue weighted by Crippen LogP contribution is 2.37. The Bertz CT molecular complexity index is 1090. The smallest absolute Gasteiger partial charge is 0.418 e. The number of thioether (sulfide) groups is 1. The lowest BCUT2D eigenvalue weighted by molar-refractivity contribution is -0.137. The van der Waals surface area contributed by atoms with Gasteiger partial charge in [-0.2, -0.15) is 18.4 Å². The van der Waals surface area contributed by atoms with E-state index >= 15 is 0 Å². The first kappa shape index (κ1) is 23.2. The van der Waals surface area contributed by atoms with Crippen molar-refractivity contribution in [3.05, 3.63) is 70.3 Å². The molecule has 2 aromatic carbocycles. The van der Waals surface area contributed by atoms with Gasteiger partial charge in [-0.05, 0) is 29.8 Å². The van der Waals surface area contributed by atoms with Gasteiger partial charge in [-0.25, -0.2) is 0 Å². The molecule has 0 bridgehead atoms. The number of anilines is 1. The lowest BCUT2D eigenvalue weighted by Crippen LogP contribution is -2.31. The molecule has 2 N–H and O–H groups in total. The van der Waals surface area contributed by atoms with Gasteiger partial charge in [0.05, 0.1) is 40.8 Å². The number of carbonyl (C=O) groups is 2. The van der Waals surface area contributed by atoms with E-state index in [1.54, 1.807) is 24.3 Å². The fraction of sp³-hybridized carbons (Fsp3) is 0.227. The Balaban J connectivity index is 1.76. The predicted molar refractivity (Wildman–Crippen MR) is 114 cm³/mol. The molecule has 1 aliphatic rings. The standard InChI is InChI=1S/C22H18F3N3O3S/c1-31-14-8-6-13(7-9-14)15-10-19(29)28-21(16(15)11-26)32-12-20(30)27-18-5-3-2-4-17(18)22(23,24)25/h2-9,15H,10,12H2,1H3,(H,27,30)(H,28,29)/t15-/m0/s1. The second kappa shape index (κ2) is 9.78. The van der Waals surface area contributed by atoms with Gasteiger partial charge in [0, 0.05) is 12.3 Å². The van der Waals surface area contributed by atoms with Gasteiger partial charge in [-0.3, -0.25) is 9.59 Å². The monoisotopic (exact) mass is 461 g/mol. The SMILES string of the molecule is COc1ccc([C@@H]2CC(=O)NC(SCC(=O)Nc3ccccc3C(F)(F)F)=C2C#N)cc1. The zero-order valence-electron chi connectivity index (χ0n) is 16.8. The number of nitrogens with zero attached hydrogens (tertiary/aromatic N) is 1. The summed E-state index contributed by atoms with van der Waals surface area (Å²) in [4.78, 5) is 24.5. The second-order valence-electron chi connectivity index (χ2n) is 6.81. The van der Waals surface area contributed by atoms with E-state index in [9.17, 15) is 28.0 Å². The van der Waals surface area contributed by atoms with E-state index in [0.717, 1.165) is 29.5 Å². The summed E-state index contributed by atoms with van der Waals surface area (Å²) >= 11 is 0.888. The van der Waals surface area contributed by atoms with Crippen LogP contribution in [-0.4, -0.2) is 24.7 Å². The highest BCUT2D eigenvalue weighted by atomic mass is 32.2. The number of allylic oxidation sites excluding steroid dienone is 1. The maximum atomic E-state index is 13.1. The maximum absolute atomic E-state index is 13.1. The van der Waals surface area contributed by atoms with E-state index in [2.05, 4.69) is 16.7 Å². The molecule has 0 radical (unpaired) electrons. The number of halogens is 3. The minimum Gasteiger partial charge on any atom is -0.497 e. The Hall–Kier alpha value is -3.45. The fourth-order valence-electron chi connectivity index (χ4n) is 3.22. The Morgan fingerprint density at radius 1 is 1.25 bits per heavy atom. The minimum absolute atomic E-state index is 0.0600. The summed E-state index contributed by atoms with van der Waals surface area (Å²) in [5, 5.41) is 14.7. The van der Waals surface area contributed by atoms with Crippen molar-refractivity contribution in [3.8, 4) is 11.8 Å². The van der Waals surface area contributed by atoms with Crippen LogP contribution in [0.25, 0.3) is 0 Å². The molecule has 0 fully saturated rings. The van der Waals surface area contributed by atoms with E-state index in [1.165, 1.54) is 19.2 Å². The molecule has 0 saturated heterocycles. The molecule has 32 heavy (non-hydrogen) atoms. The molecule has 166 valence electrons. The van der Waals surface area contributed by atoms with Gasteiger partial charge in [0.15, 0.2) is 0 Å². The van der Waals surface area contributed by atoms with E-state index in [-0.39, 0.29) is 34.4 Å². The molecule has 3 rings (SSSR count). The number of alkyl halides is 3. The van der Waals surface area contributed by atoms with Gasteiger partial charge in [0.1, 0.15) is 5.75 Å². The number of carbonyl (C=O) groups excluding carboxylic acids is 2. The largest absolute Gasteiger partial charge is 0.497 e. The fourth-order valence-corrected chi connectivity index (χ4v) is 4.09. The van der Waals surface area contributed by atoms with Crippen LogP contribution in [0.5, 0.6) is 5.75 Å². The number of methoxy groups -OCH3 is 1.